The first-order chi connectivity index (χ1) is 14.4. The first-order valence-corrected chi connectivity index (χ1v) is 10.8. The first-order valence-electron chi connectivity index (χ1n) is 9.07. The molecule has 1 aliphatic heterocycles. The number of carbonyl (C=O) groups is 4. The van der Waals surface area contributed by atoms with Gasteiger partial charge in [-0.2, -0.15) is 0 Å². The fraction of sp³-hybridized carbons (Fsp3) is 0.250. The number of hydrogen-bond acceptors (Lipinski definition) is 9. The monoisotopic (exact) mass is 444 g/mol. The summed E-state index contributed by atoms with van der Waals surface area (Å²) in [6.45, 7) is 3.50. The van der Waals surface area contributed by atoms with Gasteiger partial charge < -0.3 is 9.15 Å². The minimum absolute atomic E-state index is 0.136. The third-order valence-electron chi connectivity index (χ3n) is 4.64. The van der Waals surface area contributed by atoms with Gasteiger partial charge in [0.2, 0.25) is 5.78 Å². The number of anilines is 1. The molecule has 0 aromatic carbocycles. The van der Waals surface area contributed by atoms with Gasteiger partial charge in [0.05, 0.1) is 23.4 Å². The van der Waals surface area contributed by atoms with Gasteiger partial charge in [-0.25, -0.2) is 9.78 Å². The topological polar surface area (TPSA) is 107 Å². The number of esters is 1. The molecule has 0 saturated carbocycles. The van der Waals surface area contributed by atoms with Crippen molar-refractivity contribution in [2.45, 2.75) is 19.9 Å². The van der Waals surface area contributed by atoms with Gasteiger partial charge in [-0.15, -0.1) is 11.3 Å². The molecule has 1 fully saturated rings. The Balaban J connectivity index is 1.80. The second kappa shape index (κ2) is 7.96. The maximum Gasteiger partial charge on any atom is 0.350 e. The second-order valence-corrected chi connectivity index (χ2v) is 8.38. The van der Waals surface area contributed by atoms with Crippen LogP contribution in [0.25, 0.3) is 0 Å². The van der Waals surface area contributed by atoms with E-state index in [2.05, 4.69) is 4.98 Å². The van der Waals surface area contributed by atoms with Gasteiger partial charge in [0, 0.05) is 0 Å². The summed E-state index contributed by atoms with van der Waals surface area (Å²) in [6.07, 6.45) is 1.41. The smallest absolute Gasteiger partial charge is 0.350 e. The van der Waals surface area contributed by atoms with Crippen LogP contribution in [0.5, 0.6) is 0 Å². The molecule has 4 rings (SSSR count). The molecule has 4 heterocycles. The van der Waals surface area contributed by atoms with E-state index < -0.39 is 35.4 Å². The lowest BCUT2D eigenvalue weighted by Crippen LogP contribution is -2.30. The van der Waals surface area contributed by atoms with E-state index in [-0.39, 0.29) is 22.4 Å². The number of aryl methyl sites for hydroxylation is 1. The molecule has 2 unspecified atom stereocenters. The Morgan fingerprint density at radius 2 is 2.07 bits per heavy atom. The van der Waals surface area contributed by atoms with Crippen LogP contribution in [0.15, 0.2) is 40.3 Å². The zero-order chi connectivity index (χ0) is 21.4. The van der Waals surface area contributed by atoms with Crippen LogP contribution >= 0.6 is 22.7 Å². The van der Waals surface area contributed by atoms with E-state index in [0.717, 1.165) is 16.2 Å². The predicted molar refractivity (Wildman–Crippen MR) is 109 cm³/mol. The highest BCUT2D eigenvalue weighted by atomic mass is 32.1. The van der Waals surface area contributed by atoms with Gasteiger partial charge in [0.15, 0.2) is 10.9 Å². The molecule has 0 spiro atoms. The van der Waals surface area contributed by atoms with Crippen molar-refractivity contribution in [2.75, 3.05) is 11.5 Å². The molecular formula is C20H16N2O6S2. The SMILES string of the molecule is CCOC(=O)c1sc(N2C(=O)C(=O)C(C(=O)c3cccs3)C2c2ccco2)nc1C. The van der Waals surface area contributed by atoms with Crippen molar-refractivity contribution in [1.82, 2.24) is 4.98 Å². The number of ketones is 2. The van der Waals surface area contributed by atoms with Crippen LogP contribution in [0.3, 0.4) is 0 Å². The Hall–Kier alpha value is -3.11. The molecule has 154 valence electrons. The molecule has 0 N–H and O–H groups in total. The molecular weight excluding hydrogens is 428 g/mol. The van der Waals surface area contributed by atoms with Gasteiger partial charge in [0.25, 0.3) is 5.91 Å². The number of thiophene rings is 1. The van der Waals surface area contributed by atoms with Crippen molar-refractivity contribution in [3.63, 3.8) is 0 Å². The molecule has 2 atom stereocenters. The number of hydrogen-bond donors (Lipinski definition) is 0. The van der Waals surface area contributed by atoms with Crippen LogP contribution in [0.2, 0.25) is 0 Å². The number of amides is 1. The molecule has 0 aliphatic carbocycles. The Morgan fingerprint density at radius 1 is 1.27 bits per heavy atom. The lowest BCUT2D eigenvalue weighted by Gasteiger charge is -2.22. The van der Waals surface area contributed by atoms with Gasteiger partial charge in [-0.05, 0) is 37.4 Å². The quantitative estimate of drug-likeness (QED) is 0.248. The third-order valence-corrected chi connectivity index (χ3v) is 6.66. The van der Waals surface area contributed by atoms with Crippen molar-refractivity contribution in [2.24, 2.45) is 5.92 Å². The number of carbonyl (C=O) groups excluding carboxylic acids is 4. The van der Waals surface area contributed by atoms with Crippen molar-refractivity contribution in [1.29, 1.82) is 0 Å². The third kappa shape index (κ3) is 3.27. The number of Topliss-reactive ketones (excluding diaryl/α,β-unsaturated/α-hetero) is 2. The normalized spacial score (nSPS) is 18.8. The van der Waals surface area contributed by atoms with E-state index in [0.29, 0.717) is 10.6 Å². The fourth-order valence-electron chi connectivity index (χ4n) is 3.33. The van der Waals surface area contributed by atoms with Gasteiger partial charge in [-0.1, -0.05) is 17.4 Å². The zero-order valence-corrected chi connectivity index (χ0v) is 17.6. The summed E-state index contributed by atoms with van der Waals surface area (Å²) in [5, 5.41) is 1.86. The maximum atomic E-state index is 13.1. The summed E-state index contributed by atoms with van der Waals surface area (Å²) in [5.41, 5.74) is 0.375. The Morgan fingerprint density at radius 3 is 2.70 bits per heavy atom. The lowest BCUT2D eigenvalue weighted by molar-refractivity contribution is -0.135. The minimum Gasteiger partial charge on any atom is -0.467 e. The highest BCUT2D eigenvalue weighted by molar-refractivity contribution is 7.17. The second-order valence-electron chi connectivity index (χ2n) is 6.45. The molecule has 10 heteroatoms. The van der Waals surface area contributed by atoms with Gasteiger partial charge in [0.1, 0.15) is 22.6 Å². The molecule has 8 nitrogen and oxygen atoms in total. The van der Waals surface area contributed by atoms with E-state index in [9.17, 15) is 19.2 Å². The molecule has 3 aromatic rings. The minimum atomic E-state index is -1.27. The zero-order valence-electron chi connectivity index (χ0n) is 16.0. The summed E-state index contributed by atoms with van der Waals surface area (Å²) >= 11 is 2.14. The molecule has 1 amide bonds. The van der Waals surface area contributed by atoms with Crippen LogP contribution < -0.4 is 4.90 Å². The van der Waals surface area contributed by atoms with Crippen molar-refractivity contribution in [3.8, 4) is 0 Å². The summed E-state index contributed by atoms with van der Waals surface area (Å²) in [5.74, 6) is -3.69. The average Bonchev–Trinajstić information content (AvgIpc) is 3.50. The van der Waals surface area contributed by atoms with Gasteiger partial charge in [-0.3, -0.25) is 19.3 Å². The number of thiazole rings is 1. The number of furan rings is 1. The average molecular weight is 444 g/mol. The number of ether oxygens (including phenoxy) is 1. The predicted octanol–water partition coefficient (Wildman–Crippen LogP) is 3.44. The van der Waals surface area contributed by atoms with Crippen molar-refractivity contribution >= 4 is 51.2 Å². The Kier molecular flexibility index (Phi) is 5.35. The Bertz CT molecular complexity index is 1120. The van der Waals surface area contributed by atoms with E-state index in [1.807, 2.05) is 0 Å². The lowest BCUT2D eigenvalue weighted by atomic mass is 9.92. The molecule has 1 saturated heterocycles. The molecule has 3 aromatic heterocycles. The molecule has 0 bridgehead atoms. The van der Waals surface area contributed by atoms with Crippen LogP contribution in [0.1, 0.15) is 43.8 Å². The van der Waals surface area contributed by atoms with Crippen LogP contribution in [0.4, 0.5) is 5.13 Å². The largest absolute Gasteiger partial charge is 0.467 e. The van der Waals surface area contributed by atoms with Crippen LogP contribution in [0, 0.1) is 12.8 Å². The van der Waals surface area contributed by atoms with Gasteiger partial charge >= 0.3 is 5.97 Å². The summed E-state index contributed by atoms with van der Waals surface area (Å²) < 4.78 is 10.5. The van der Waals surface area contributed by atoms with Crippen molar-refractivity contribution in [3.05, 3.63) is 57.1 Å². The van der Waals surface area contributed by atoms with E-state index in [1.54, 1.807) is 43.5 Å². The molecule has 1 aliphatic rings. The van der Waals surface area contributed by atoms with Crippen molar-refractivity contribution < 1.29 is 28.3 Å². The van der Waals surface area contributed by atoms with Crippen LogP contribution in [-0.4, -0.2) is 35.0 Å². The van der Waals surface area contributed by atoms with E-state index in [4.69, 9.17) is 9.15 Å². The number of rotatable bonds is 6. The number of nitrogens with zero attached hydrogens (tertiary/aromatic N) is 2. The Labute approximate surface area is 179 Å². The molecule has 30 heavy (non-hydrogen) atoms. The summed E-state index contributed by atoms with van der Waals surface area (Å²) in [4.78, 5) is 57.2. The van der Waals surface area contributed by atoms with E-state index >= 15 is 0 Å². The summed E-state index contributed by atoms with van der Waals surface area (Å²) in [7, 11) is 0. The number of aromatic nitrogens is 1. The fourth-order valence-corrected chi connectivity index (χ4v) is 5.03. The molecule has 0 radical (unpaired) electrons. The standard InChI is InChI=1S/C20H16N2O6S2/c1-3-27-19(26)17-10(2)21-20(30-17)22-14(11-6-4-8-28-11)13(16(24)18(22)25)15(23)12-7-5-9-29-12/h4-9,13-14H,3H2,1-2H3. The maximum absolute atomic E-state index is 13.1. The van der Waals surface area contributed by atoms with E-state index in [1.165, 1.54) is 17.6 Å². The van der Waals surface area contributed by atoms with Crippen LogP contribution in [-0.2, 0) is 14.3 Å². The first kappa shape index (κ1) is 20.2. The highest BCUT2D eigenvalue weighted by Crippen LogP contribution is 2.43. The summed E-state index contributed by atoms with van der Waals surface area (Å²) in [6, 6.07) is 5.54. The highest BCUT2D eigenvalue weighted by Gasteiger charge is 2.54.